The Morgan fingerprint density at radius 2 is 1.86 bits per heavy atom. The number of carbonyl (C=O) groups excluding carboxylic acids is 1. The van der Waals surface area contributed by atoms with Crippen LogP contribution in [0.15, 0.2) is 47.4 Å². The van der Waals surface area contributed by atoms with E-state index in [1.807, 2.05) is 31.2 Å². The fraction of sp³-hybridized carbons (Fsp3) is 0.350. The fourth-order valence-corrected chi connectivity index (χ4v) is 3.79. The van der Waals surface area contributed by atoms with Crippen molar-refractivity contribution in [1.29, 1.82) is 0 Å². The van der Waals surface area contributed by atoms with E-state index in [0.717, 1.165) is 15.4 Å². The number of hydrogen-bond acceptors (Lipinski definition) is 5. The molecule has 8 nitrogen and oxygen atoms in total. The van der Waals surface area contributed by atoms with Crippen molar-refractivity contribution in [2.24, 2.45) is 0 Å². The Labute approximate surface area is 170 Å². The van der Waals surface area contributed by atoms with Gasteiger partial charge in [0.25, 0.3) is 0 Å². The number of sulfonamides is 1. The van der Waals surface area contributed by atoms with Gasteiger partial charge < -0.3 is 5.32 Å². The first-order valence-electron chi connectivity index (χ1n) is 9.35. The summed E-state index contributed by atoms with van der Waals surface area (Å²) in [6.45, 7) is 3.06. The van der Waals surface area contributed by atoms with Crippen LogP contribution < -0.4 is 5.32 Å². The highest BCUT2D eigenvalue weighted by Crippen LogP contribution is 2.19. The summed E-state index contributed by atoms with van der Waals surface area (Å²) in [7, 11) is -0.543. The van der Waals surface area contributed by atoms with E-state index in [4.69, 9.17) is 0 Å². The van der Waals surface area contributed by atoms with Crippen LogP contribution in [0.4, 0.5) is 0 Å². The van der Waals surface area contributed by atoms with Crippen LogP contribution in [-0.4, -0.2) is 47.7 Å². The second-order valence-corrected chi connectivity index (χ2v) is 9.27. The highest BCUT2D eigenvalue weighted by molar-refractivity contribution is 7.89. The first kappa shape index (κ1) is 20.9. The van der Waals surface area contributed by atoms with Gasteiger partial charge in [-0.3, -0.25) is 4.79 Å². The second-order valence-electron chi connectivity index (χ2n) is 7.12. The summed E-state index contributed by atoms with van der Waals surface area (Å²) in [4.78, 5) is 12.2. The van der Waals surface area contributed by atoms with Gasteiger partial charge in [-0.05, 0) is 37.1 Å². The van der Waals surface area contributed by atoms with Crippen LogP contribution in [0, 0.1) is 6.92 Å². The molecule has 3 rings (SSSR count). The minimum Gasteiger partial charge on any atom is -0.352 e. The van der Waals surface area contributed by atoms with Crippen molar-refractivity contribution in [1.82, 2.24) is 24.6 Å². The van der Waals surface area contributed by atoms with Gasteiger partial charge in [0.15, 0.2) is 0 Å². The number of amides is 1. The summed E-state index contributed by atoms with van der Waals surface area (Å²) in [5, 5.41) is 11.1. The number of hydrogen-bond donors (Lipinski definition) is 1. The maximum Gasteiger partial charge on any atom is 0.242 e. The van der Waals surface area contributed by atoms with Crippen LogP contribution in [0.2, 0.25) is 0 Å². The molecule has 0 bridgehead atoms. The van der Waals surface area contributed by atoms with Crippen molar-refractivity contribution < 1.29 is 13.2 Å². The van der Waals surface area contributed by atoms with E-state index >= 15 is 0 Å². The highest BCUT2D eigenvalue weighted by atomic mass is 32.2. The van der Waals surface area contributed by atoms with Crippen molar-refractivity contribution in [3.05, 3.63) is 53.6 Å². The predicted octanol–water partition coefficient (Wildman–Crippen LogP) is 2.09. The second kappa shape index (κ2) is 8.71. The van der Waals surface area contributed by atoms with Gasteiger partial charge in [-0.1, -0.05) is 35.0 Å². The molecule has 1 aromatic heterocycles. The van der Waals surface area contributed by atoms with Gasteiger partial charge in [0, 0.05) is 33.6 Å². The molecule has 0 aliphatic carbocycles. The Kier molecular flexibility index (Phi) is 6.29. The predicted molar refractivity (Wildman–Crippen MR) is 111 cm³/mol. The zero-order valence-electron chi connectivity index (χ0n) is 16.8. The van der Waals surface area contributed by atoms with Crippen LogP contribution in [0.5, 0.6) is 0 Å². The number of nitrogens with zero attached hydrogens (tertiary/aromatic N) is 4. The Morgan fingerprint density at radius 3 is 2.55 bits per heavy atom. The van der Waals surface area contributed by atoms with Crippen molar-refractivity contribution in [3.8, 4) is 0 Å². The van der Waals surface area contributed by atoms with Crippen molar-refractivity contribution in [2.45, 2.75) is 37.8 Å². The highest BCUT2D eigenvalue weighted by Gasteiger charge is 2.18. The summed E-state index contributed by atoms with van der Waals surface area (Å²) in [6.07, 6.45) is 0.982. The van der Waals surface area contributed by atoms with Gasteiger partial charge in [0.2, 0.25) is 15.9 Å². The average molecular weight is 416 g/mol. The number of rotatable bonds is 8. The third-order valence-electron chi connectivity index (χ3n) is 4.65. The van der Waals surface area contributed by atoms with Crippen LogP contribution in [0.3, 0.4) is 0 Å². The molecule has 0 atom stereocenters. The lowest BCUT2D eigenvalue weighted by Gasteiger charge is -2.11. The molecule has 0 fully saturated rings. The van der Waals surface area contributed by atoms with Gasteiger partial charge in [0.05, 0.1) is 10.4 Å². The third-order valence-corrected chi connectivity index (χ3v) is 6.46. The molecule has 2 aromatic carbocycles. The van der Waals surface area contributed by atoms with E-state index in [0.29, 0.717) is 31.4 Å². The summed E-state index contributed by atoms with van der Waals surface area (Å²) >= 11 is 0. The lowest BCUT2D eigenvalue weighted by Crippen LogP contribution is -2.22. The summed E-state index contributed by atoms with van der Waals surface area (Å²) in [5.74, 6) is -0.0191. The Bertz CT molecular complexity index is 1100. The summed E-state index contributed by atoms with van der Waals surface area (Å²) in [5.41, 5.74) is 3.50. The Hall–Kier alpha value is -2.78. The topological polar surface area (TPSA) is 97.2 Å². The van der Waals surface area contributed by atoms with Gasteiger partial charge >= 0.3 is 0 Å². The van der Waals surface area contributed by atoms with E-state index in [2.05, 4.69) is 15.6 Å². The molecule has 1 N–H and O–H groups in total. The molecule has 0 saturated heterocycles. The minimum atomic E-state index is -3.52. The van der Waals surface area contributed by atoms with Crippen LogP contribution in [-0.2, 0) is 27.9 Å². The SMILES string of the molecule is Cc1ccc(CNC(=O)CCCn2nnc3cc(S(=O)(=O)N(C)C)ccc32)cc1. The number of fused-ring (bicyclic) bond motifs is 1. The number of nitrogens with one attached hydrogen (secondary N) is 1. The molecule has 9 heteroatoms. The van der Waals surface area contributed by atoms with E-state index in [9.17, 15) is 13.2 Å². The zero-order valence-corrected chi connectivity index (χ0v) is 17.6. The molecule has 1 heterocycles. The van der Waals surface area contributed by atoms with Gasteiger partial charge in [0.1, 0.15) is 5.52 Å². The molecule has 0 aliphatic heterocycles. The van der Waals surface area contributed by atoms with E-state index in [1.54, 1.807) is 16.8 Å². The van der Waals surface area contributed by atoms with Crippen molar-refractivity contribution >= 4 is 27.0 Å². The maximum absolute atomic E-state index is 12.2. The fourth-order valence-electron chi connectivity index (χ4n) is 2.87. The number of aryl methyl sites for hydroxylation is 2. The molecule has 0 unspecified atom stereocenters. The molecular weight excluding hydrogens is 390 g/mol. The van der Waals surface area contributed by atoms with E-state index in [1.165, 1.54) is 25.7 Å². The Balaban J connectivity index is 1.55. The molecule has 0 aliphatic rings. The lowest BCUT2D eigenvalue weighted by atomic mass is 10.1. The molecule has 154 valence electrons. The molecule has 0 saturated carbocycles. The number of carbonyl (C=O) groups is 1. The van der Waals surface area contributed by atoms with E-state index in [-0.39, 0.29) is 10.8 Å². The van der Waals surface area contributed by atoms with Crippen molar-refractivity contribution in [3.63, 3.8) is 0 Å². The van der Waals surface area contributed by atoms with Gasteiger partial charge in [-0.15, -0.1) is 5.10 Å². The summed E-state index contributed by atoms with van der Waals surface area (Å²) < 4.78 is 27.3. The normalized spacial score (nSPS) is 11.9. The number of aromatic nitrogens is 3. The standard InChI is InChI=1S/C20H25N5O3S/c1-15-6-8-16(9-7-15)14-21-20(26)5-4-12-25-19-11-10-17(13-18(19)22-23-25)29(27,28)24(2)3/h6-11,13H,4-5,12,14H2,1-3H3,(H,21,26). The molecule has 3 aromatic rings. The molecule has 0 spiro atoms. The lowest BCUT2D eigenvalue weighted by molar-refractivity contribution is -0.121. The van der Waals surface area contributed by atoms with Crippen LogP contribution >= 0.6 is 0 Å². The van der Waals surface area contributed by atoms with Gasteiger partial charge in [-0.25, -0.2) is 17.4 Å². The minimum absolute atomic E-state index is 0.0191. The first-order valence-corrected chi connectivity index (χ1v) is 10.8. The average Bonchev–Trinajstić information content (AvgIpc) is 3.10. The first-order chi connectivity index (χ1) is 13.8. The largest absolute Gasteiger partial charge is 0.352 e. The molecule has 1 amide bonds. The maximum atomic E-state index is 12.2. The Morgan fingerprint density at radius 1 is 1.14 bits per heavy atom. The van der Waals surface area contributed by atoms with Crippen molar-refractivity contribution in [2.75, 3.05) is 14.1 Å². The number of benzene rings is 2. The monoisotopic (exact) mass is 415 g/mol. The third kappa shape index (κ3) is 4.99. The summed E-state index contributed by atoms with van der Waals surface area (Å²) in [6, 6.07) is 12.8. The molecule has 29 heavy (non-hydrogen) atoms. The van der Waals surface area contributed by atoms with Gasteiger partial charge in [-0.2, -0.15) is 0 Å². The smallest absolute Gasteiger partial charge is 0.242 e. The van der Waals surface area contributed by atoms with Crippen LogP contribution in [0.25, 0.3) is 11.0 Å². The molecule has 0 radical (unpaired) electrons. The zero-order chi connectivity index (χ0) is 21.0. The quantitative estimate of drug-likeness (QED) is 0.608. The molecular formula is C20H25N5O3S. The van der Waals surface area contributed by atoms with E-state index < -0.39 is 10.0 Å². The van der Waals surface area contributed by atoms with Crippen LogP contribution in [0.1, 0.15) is 24.0 Å².